The molecule has 0 unspecified atom stereocenters. The summed E-state index contributed by atoms with van der Waals surface area (Å²) in [5, 5.41) is 16.5. The third kappa shape index (κ3) is 3.56. The topological polar surface area (TPSA) is 97.1 Å². The molecule has 0 bridgehead atoms. The minimum Gasteiger partial charge on any atom is -0.476 e. The molecule has 138 valence electrons. The molecule has 0 spiro atoms. The quantitative estimate of drug-likeness (QED) is 0.677. The summed E-state index contributed by atoms with van der Waals surface area (Å²) in [6, 6.07) is 2.60. The lowest BCUT2D eigenvalue weighted by Gasteiger charge is -2.08. The number of carboxylic acids is 1. The van der Waals surface area contributed by atoms with Gasteiger partial charge in [-0.15, -0.1) is 0 Å². The average molecular weight is 407 g/mol. The Hall–Kier alpha value is -2.78. The van der Waals surface area contributed by atoms with E-state index in [9.17, 15) is 14.0 Å². The van der Waals surface area contributed by atoms with Crippen molar-refractivity contribution in [1.29, 1.82) is 0 Å². The van der Waals surface area contributed by atoms with Gasteiger partial charge in [0.25, 0.3) is 5.91 Å². The molecule has 1 aromatic carbocycles. The van der Waals surface area contributed by atoms with Crippen molar-refractivity contribution in [2.75, 3.05) is 0 Å². The van der Waals surface area contributed by atoms with E-state index in [1.165, 1.54) is 23.1 Å². The van der Waals surface area contributed by atoms with Gasteiger partial charge in [0.1, 0.15) is 10.8 Å². The molecule has 1 saturated carbocycles. The minimum absolute atomic E-state index is 0.0547. The SMILES string of the molecule is O=C(O)c1ncc(-n2cc(-c3cc(C(=O)NC4CC4)c(F)cc3Cl)cn2)s1. The van der Waals surface area contributed by atoms with Crippen LogP contribution in [0.3, 0.4) is 0 Å². The summed E-state index contributed by atoms with van der Waals surface area (Å²) >= 11 is 7.13. The molecule has 1 fully saturated rings. The first-order chi connectivity index (χ1) is 12.9. The van der Waals surface area contributed by atoms with E-state index < -0.39 is 17.7 Å². The summed E-state index contributed by atoms with van der Waals surface area (Å²) < 4.78 is 15.6. The van der Waals surface area contributed by atoms with Gasteiger partial charge in [-0.3, -0.25) is 4.79 Å². The maximum atomic E-state index is 14.2. The van der Waals surface area contributed by atoms with Crippen LogP contribution in [0.1, 0.15) is 33.0 Å². The van der Waals surface area contributed by atoms with Crippen LogP contribution in [0.5, 0.6) is 0 Å². The molecule has 0 atom stereocenters. The van der Waals surface area contributed by atoms with E-state index in [1.54, 1.807) is 6.20 Å². The number of hydrogen-bond acceptors (Lipinski definition) is 5. The van der Waals surface area contributed by atoms with Crippen molar-refractivity contribution >= 4 is 34.8 Å². The number of nitrogens with zero attached hydrogens (tertiary/aromatic N) is 3. The number of nitrogens with one attached hydrogen (secondary N) is 1. The fraction of sp³-hybridized carbons (Fsp3) is 0.176. The van der Waals surface area contributed by atoms with Crippen LogP contribution < -0.4 is 5.32 Å². The third-order valence-corrected chi connectivity index (χ3v) is 5.30. The summed E-state index contributed by atoms with van der Waals surface area (Å²) in [4.78, 5) is 27.0. The van der Waals surface area contributed by atoms with Crippen LogP contribution in [0.15, 0.2) is 30.7 Å². The number of carbonyl (C=O) groups is 2. The Balaban J connectivity index is 1.67. The average Bonchev–Trinajstić information content (AvgIpc) is 3.11. The summed E-state index contributed by atoms with van der Waals surface area (Å²) in [5.74, 6) is -2.29. The van der Waals surface area contributed by atoms with Gasteiger partial charge in [-0.1, -0.05) is 22.9 Å². The second-order valence-electron chi connectivity index (χ2n) is 6.04. The molecule has 27 heavy (non-hydrogen) atoms. The highest BCUT2D eigenvalue weighted by Crippen LogP contribution is 2.32. The molecule has 0 saturated heterocycles. The first-order valence-corrected chi connectivity index (χ1v) is 9.16. The number of benzene rings is 1. The second-order valence-corrected chi connectivity index (χ2v) is 7.46. The van der Waals surface area contributed by atoms with Crippen molar-refractivity contribution < 1.29 is 19.1 Å². The number of aromatic carboxylic acids is 1. The lowest BCUT2D eigenvalue weighted by molar-refractivity contribution is 0.0696. The fourth-order valence-corrected chi connectivity index (χ4v) is 3.44. The zero-order chi connectivity index (χ0) is 19.1. The van der Waals surface area contributed by atoms with Gasteiger partial charge in [0.15, 0.2) is 0 Å². The predicted molar refractivity (Wildman–Crippen MR) is 97.1 cm³/mol. The van der Waals surface area contributed by atoms with Crippen molar-refractivity contribution in [3.05, 3.63) is 52.1 Å². The molecule has 3 aromatic rings. The highest BCUT2D eigenvalue weighted by molar-refractivity contribution is 7.15. The Kier molecular flexibility index (Phi) is 4.40. The van der Waals surface area contributed by atoms with Crippen LogP contribution in [0.4, 0.5) is 4.39 Å². The van der Waals surface area contributed by atoms with Crippen molar-refractivity contribution in [1.82, 2.24) is 20.1 Å². The van der Waals surface area contributed by atoms with E-state index in [2.05, 4.69) is 15.4 Å². The number of carboxylic acid groups (broad SMARTS) is 1. The van der Waals surface area contributed by atoms with Crippen molar-refractivity contribution in [2.45, 2.75) is 18.9 Å². The molecule has 2 aromatic heterocycles. The van der Waals surface area contributed by atoms with Crippen molar-refractivity contribution in [3.8, 4) is 16.1 Å². The van der Waals surface area contributed by atoms with Crippen LogP contribution in [0, 0.1) is 5.82 Å². The van der Waals surface area contributed by atoms with Gasteiger partial charge in [0.2, 0.25) is 5.01 Å². The van der Waals surface area contributed by atoms with E-state index in [0.717, 1.165) is 30.2 Å². The summed E-state index contributed by atoms with van der Waals surface area (Å²) in [7, 11) is 0. The lowest BCUT2D eigenvalue weighted by Crippen LogP contribution is -2.26. The zero-order valence-corrected chi connectivity index (χ0v) is 15.2. The molecular weight excluding hydrogens is 395 g/mol. The maximum Gasteiger partial charge on any atom is 0.365 e. The second kappa shape index (κ2) is 6.75. The molecule has 1 aliphatic carbocycles. The Labute approximate surface area is 161 Å². The van der Waals surface area contributed by atoms with Gasteiger partial charge in [0.05, 0.1) is 23.0 Å². The maximum absolute atomic E-state index is 14.2. The molecule has 4 rings (SSSR count). The normalized spacial score (nSPS) is 13.6. The molecule has 2 N–H and O–H groups in total. The Morgan fingerprint density at radius 3 is 2.78 bits per heavy atom. The molecule has 1 aliphatic rings. The molecule has 10 heteroatoms. The standard InChI is InChI=1S/C17H12ClFN4O3S/c18-12-4-13(19)11(15(24)22-9-1-2-9)3-10(12)8-5-21-23(7-8)14-6-20-16(27-14)17(25)26/h3-7,9H,1-2H2,(H,22,24)(H,25,26). The van der Waals surface area contributed by atoms with Crippen LogP contribution in [-0.2, 0) is 0 Å². The molecular formula is C17H12ClFN4O3S. The van der Waals surface area contributed by atoms with Crippen LogP contribution in [0.2, 0.25) is 5.02 Å². The van der Waals surface area contributed by atoms with Gasteiger partial charge in [0, 0.05) is 23.4 Å². The van der Waals surface area contributed by atoms with Gasteiger partial charge in [-0.2, -0.15) is 5.10 Å². The molecule has 0 aliphatic heterocycles. The van der Waals surface area contributed by atoms with E-state index in [0.29, 0.717) is 16.1 Å². The molecule has 7 nitrogen and oxygen atoms in total. The third-order valence-electron chi connectivity index (χ3n) is 4.01. The summed E-state index contributed by atoms with van der Waals surface area (Å²) in [6.07, 6.45) is 6.30. The van der Waals surface area contributed by atoms with Gasteiger partial charge in [-0.25, -0.2) is 18.9 Å². The fourth-order valence-electron chi connectivity index (χ4n) is 2.49. The number of amides is 1. The van der Waals surface area contributed by atoms with E-state index >= 15 is 0 Å². The molecule has 0 radical (unpaired) electrons. The molecule has 1 amide bonds. The Morgan fingerprint density at radius 1 is 1.33 bits per heavy atom. The van der Waals surface area contributed by atoms with Gasteiger partial charge < -0.3 is 10.4 Å². The van der Waals surface area contributed by atoms with E-state index in [4.69, 9.17) is 16.7 Å². The number of carbonyl (C=O) groups excluding carboxylic acids is 1. The summed E-state index contributed by atoms with van der Waals surface area (Å²) in [5.41, 5.74) is 0.930. The van der Waals surface area contributed by atoms with Crippen LogP contribution >= 0.6 is 22.9 Å². The number of rotatable bonds is 5. The first-order valence-electron chi connectivity index (χ1n) is 7.97. The largest absolute Gasteiger partial charge is 0.476 e. The smallest absolute Gasteiger partial charge is 0.365 e. The Morgan fingerprint density at radius 2 is 2.11 bits per heavy atom. The Bertz CT molecular complexity index is 1060. The van der Waals surface area contributed by atoms with Crippen molar-refractivity contribution in [3.63, 3.8) is 0 Å². The number of thiazole rings is 1. The zero-order valence-electron chi connectivity index (χ0n) is 13.6. The first kappa shape index (κ1) is 17.6. The van der Waals surface area contributed by atoms with Gasteiger partial charge in [-0.05, 0) is 25.0 Å². The van der Waals surface area contributed by atoms with E-state index in [1.807, 2.05) is 0 Å². The lowest BCUT2D eigenvalue weighted by atomic mass is 10.0. The monoisotopic (exact) mass is 406 g/mol. The van der Waals surface area contributed by atoms with E-state index in [-0.39, 0.29) is 21.6 Å². The molecule has 2 heterocycles. The van der Waals surface area contributed by atoms with Gasteiger partial charge >= 0.3 is 5.97 Å². The summed E-state index contributed by atoms with van der Waals surface area (Å²) in [6.45, 7) is 0. The number of halogens is 2. The van der Waals surface area contributed by atoms with Crippen LogP contribution in [-0.4, -0.2) is 37.8 Å². The minimum atomic E-state index is -1.12. The number of aromatic nitrogens is 3. The number of hydrogen-bond donors (Lipinski definition) is 2. The van der Waals surface area contributed by atoms with Crippen LogP contribution in [0.25, 0.3) is 16.1 Å². The van der Waals surface area contributed by atoms with Crippen molar-refractivity contribution in [2.24, 2.45) is 0 Å². The predicted octanol–water partition coefficient (Wildman–Crippen LogP) is 3.38. The highest BCUT2D eigenvalue weighted by Gasteiger charge is 2.26. The highest BCUT2D eigenvalue weighted by atomic mass is 35.5.